The third-order valence-electron chi connectivity index (χ3n) is 5.01. The number of fused-ring (bicyclic) bond motifs is 1. The Morgan fingerprint density at radius 3 is 2.97 bits per heavy atom. The van der Waals surface area contributed by atoms with Crippen LogP contribution in [0.25, 0.3) is 17.1 Å². The Bertz CT molecular complexity index is 1190. The van der Waals surface area contributed by atoms with E-state index in [2.05, 4.69) is 31.7 Å². The van der Waals surface area contributed by atoms with Crippen LogP contribution in [0.5, 0.6) is 0 Å². The van der Waals surface area contributed by atoms with E-state index in [0.29, 0.717) is 35.4 Å². The van der Waals surface area contributed by atoms with E-state index in [0.717, 1.165) is 24.2 Å². The summed E-state index contributed by atoms with van der Waals surface area (Å²) in [7, 11) is 0. The summed E-state index contributed by atoms with van der Waals surface area (Å²) in [6.45, 7) is 2.51. The first-order chi connectivity index (χ1) is 14.2. The number of aryl methyl sites for hydroxylation is 1. The number of rotatable bonds is 6. The van der Waals surface area contributed by atoms with E-state index < -0.39 is 0 Å². The van der Waals surface area contributed by atoms with Crippen LogP contribution in [0, 0.1) is 6.92 Å². The van der Waals surface area contributed by atoms with Gasteiger partial charge in [-0.05, 0) is 37.5 Å². The molecule has 1 saturated carbocycles. The second kappa shape index (κ2) is 7.12. The van der Waals surface area contributed by atoms with E-state index in [-0.39, 0.29) is 12.3 Å². The number of amides is 1. The smallest absolute Gasteiger partial charge is 0.261 e. The van der Waals surface area contributed by atoms with Crippen LogP contribution in [0.15, 0.2) is 47.1 Å². The largest absolute Gasteiger partial charge is 0.352 e. The fourth-order valence-electron chi connectivity index (χ4n) is 3.33. The van der Waals surface area contributed by atoms with E-state index in [9.17, 15) is 4.79 Å². The lowest BCUT2D eigenvalue weighted by molar-refractivity contribution is -0.120. The summed E-state index contributed by atoms with van der Waals surface area (Å²) in [4.78, 5) is 16.9. The Balaban J connectivity index is 1.33. The Kier molecular flexibility index (Phi) is 4.31. The lowest BCUT2D eigenvalue weighted by Crippen LogP contribution is -2.25. The summed E-state index contributed by atoms with van der Waals surface area (Å²) >= 11 is 0. The maximum Gasteiger partial charge on any atom is 0.261 e. The Labute approximate surface area is 167 Å². The van der Waals surface area contributed by atoms with E-state index in [1.165, 1.54) is 5.56 Å². The molecule has 0 radical (unpaired) electrons. The predicted octanol–water partition coefficient (Wildman–Crippen LogP) is 2.82. The van der Waals surface area contributed by atoms with Crippen molar-refractivity contribution < 1.29 is 9.32 Å². The third-order valence-corrected chi connectivity index (χ3v) is 5.01. The second-order valence-corrected chi connectivity index (χ2v) is 7.41. The minimum atomic E-state index is -0.111. The van der Waals surface area contributed by atoms with Crippen LogP contribution < -0.4 is 5.32 Å². The first-order valence-corrected chi connectivity index (χ1v) is 9.66. The summed E-state index contributed by atoms with van der Waals surface area (Å²) in [6, 6.07) is 11.8. The number of nitrogens with zero attached hydrogens (tertiary/aromatic N) is 5. The molecular formula is C21H20N6O2. The highest BCUT2D eigenvalue weighted by atomic mass is 16.5. The van der Waals surface area contributed by atoms with Crippen LogP contribution >= 0.6 is 0 Å². The molecule has 1 N–H and O–H groups in total. The molecular weight excluding hydrogens is 368 g/mol. The van der Waals surface area contributed by atoms with Gasteiger partial charge in [-0.15, -0.1) is 10.2 Å². The zero-order valence-electron chi connectivity index (χ0n) is 16.0. The third kappa shape index (κ3) is 3.61. The normalized spacial score (nSPS) is 13.7. The Morgan fingerprint density at radius 2 is 2.14 bits per heavy atom. The molecule has 0 aliphatic heterocycles. The molecule has 5 rings (SSSR count). The molecule has 0 spiro atoms. The van der Waals surface area contributed by atoms with Crippen molar-refractivity contribution in [3.8, 4) is 11.5 Å². The molecule has 0 atom stereocenters. The molecule has 3 aromatic heterocycles. The van der Waals surface area contributed by atoms with Crippen LogP contribution in [0.2, 0.25) is 0 Å². The van der Waals surface area contributed by atoms with E-state index in [1.807, 2.05) is 43.5 Å². The van der Waals surface area contributed by atoms with Crippen LogP contribution in [-0.4, -0.2) is 30.6 Å². The number of pyridine rings is 1. The predicted molar refractivity (Wildman–Crippen MR) is 105 cm³/mol. The van der Waals surface area contributed by atoms with Gasteiger partial charge in [0.1, 0.15) is 5.82 Å². The Hall–Kier alpha value is -3.55. The Morgan fingerprint density at radius 1 is 1.24 bits per heavy atom. The van der Waals surface area contributed by atoms with Gasteiger partial charge in [-0.1, -0.05) is 35.0 Å². The summed E-state index contributed by atoms with van der Waals surface area (Å²) in [6.07, 6.45) is 4.18. The molecule has 3 heterocycles. The summed E-state index contributed by atoms with van der Waals surface area (Å²) in [5, 5.41) is 15.5. The van der Waals surface area contributed by atoms with Gasteiger partial charge in [0.25, 0.3) is 5.89 Å². The van der Waals surface area contributed by atoms with Crippen molar-refractivity contribution in [2.45, 2.75) is 38.6 Å². The second-order valence-electron chi connectivity index (χ2n) is 7.41. The molecule has 0 saturated heterocycles. The molecule has 0 unspecified atom stereocenters. The highest BCUT2D eigenvalue weighted by Gasteiger charge is 2.29. The number of hydrogen-bond acceptors (Lipinski definition) is 6. The van der Waals surface area contributed by atoms with Crippen molar-refractivity contribution in [2.24, 2.45) is 0 Å². The maximum absolute atomic E-state index is 12.4. The minimum absolute atomic E-state index is 0.111. The highest BCUT2D eigenvalue weighted by molar-refractivity contribution is 5.78. The van der Waals surface area contributed by atoms with Crippen LogP contribution in [0.3, 0.4) is 0 Å². The molecule has 8 heteroatoms. The average Bonchev–Trinajstić information content (AvgIpc) is 3.32. The molecule has 1 aliphatic carbocycles. The number of aromatic nitrogens is 5. The van der Waals surface area contributed by atoms with Gasteiger partial charge in [-0.3, -0.25) is 9.20 Å². The first-order valence-electron chi connectivity index (χ1n) is 9.66. The molecule has 4 aromatic rings. The zero-order chi connectivity index (χ0) is 19.8. The van der Waals surface area contributed by atoms with Gasteiger partial charge in [0.2, 0.25) is 5.91 Å². The van der Waals surface area contributed by atoms with Gasteiger partial charge in [0.15, 0.2) is 11.5 Å². The fraction of sp³-hybridized carbons (Fsp3) is 0.286. The monoisotopic (exact) mass is 388 g/mol. The number of nitrogens with one attached hydrogen (secondary N) is 1. The van der Waals surface area contributed by atoms with Crippen molar-refractivity contribution in [3.05, 3.63) is 65.4 Å². The van der Waals surface area contributed by atoms with Gasteiger partial charge in [-0.25, -0.2) is 0 Å². The molecule has 1 fully saturated rings. The lowest BCUT2D eigenvalue weighted by atomic mass is 10.1. The topological polar surface area (TPSA) is 98.2 Å². The standard InChI is InChI=1S/C21H20N6O2/c1-13-4-2-5-14(10-13)12-22-18(28)11-17-24-25-20-16(6-3-9-27(17)20)21-23-19(26-29-21)15-7-8-15/h2-6,9-10,15H,7-8,11-12H2,1H3,(H,22,28). The van der Waals surface area contributed by atoms with Crippen molar-refractivity contribution >= 4 is 11.6 Å². The van der Waals surface area contributed by atoms with Crippen molar-refractivity contribution in [2.75, 3.05) is 0 Å². The fourth-order valence-corrected chi connectivity index (χ4v) is 3.33. The quantitative estimate of drug-likeness (QED) is 0.545. The zero-order valence-corrected chi connectivity index (χ0v) is 16.0. The molecule has 0 bridgehead atoms. The molecule has 29 heavy (non-hydrogen) atoms. The van der Waals surface area contributed by atoms with Crippen molar-refractivity contribution in [3.63, 3.8) is 0 Å². The summed E-state index contributed by atoms with van der Waals surface area (Å²) in [5.74, 6) is 2.04. The van der Waals surface area contributed by atoms with Crippen LogP contribution in [0.4, 0.5) is 0 Å². The minimum Gasteiger partial charge on any atom is -0.352 e. The van der Waals surface area contributed by atoms with Crippen molar-refractivity contribution in [1.29, 1.82) is 0 Å². The van der Waals surface area contributed by atoms with Crippen molar-refractivity contribution in [1.82, 2.24) is 30.1 Å². The summed E-state index contributed by atoms with van der Waals surface area (Å²) in [5.41, 5.74) is 3.54. The van der Waals surface area contributed by atoms with E-state index >= 15 is 0 Å². The molecule has 1 aromatic carbocycles. The first kappa shape index (κ1) is 17.5. The highest BCUT2D eigenvalue weighted by Crippen LogP contribution is 2.39. The SMILES string of the molecule is Cc1cccc(CNC(=O)Cc2nnc3c(-c4nc(C5CC5)no4)cccn23)c1. The molecule has 1 aliphatic rings. The summed E-state index contributed by atoms with van der Waals surface area (Å²) < 4.78 is 7.22. The van der Waals surface area contributed by atoms with Gasteiger partial charge < -0.3 is 9.84 Å². The number of carbonyl (C=O) groups excluding carboxylic acids is 1. The van der Waals surface area contributed by atoms with E-state index in [1.54, 1.807) is 4.40 Å². The maximum atomic E-state index is 12.4. The van der Waals surface area contributed by atoms with Gasteiger partial charge >= 0.3 is 0 Å². The molecule has 146 valence electrons. The van der Waals surface area contributed by atoms with Gasteiger partial charge in [0.05, 0.1) is 12.0 Å². The van der Waals surface area contributed by atoms with E-state index in [4.69, 9.17) is 4.52 Å². The van der Waals surface area contributed by atoms with Crippen LogP contribution in [0.1, 0.15) is 41.5 Å². The number of hydrogen-bond donors (Lipinski definition) is 1. The lowest BCUT2D eigenvalue weighted by Gasteiger charge is -2.06. The number of carbonyl (C=O) groups is 1. The average molecular weight is 388 g/mol. The number of benzene rings is 1. The molecule has 8 nitrogen and oxygen atoms in total. The molecule has 1 amide bonds. The van der Waals surface area contributed by atoms with Gasteiger partial charge in [-0.2, -0.15) is 4.98 Å². The van der Waals surface area contributed by atoms with Crippen LogP contribution in [-0.2, 0) is 17.8 Å². The van der Waals surface area contributed by atoms with Gasteiger partial charge in [0, 0.05) is 18.7 Å².